The van der Waals surface area contributed by atoms with Crippen LogP contribution >= 0.6 is 0 Å². The lowest BCUT2D eigenvalue weighted by atomic mass is 9.89. The van der Waals surface area contributed by atoms with Gasteiger partial charge in [0.05, 0.1) is 7.11 Å². The van der Waals surface area contributed by atoms with Crippen LogP contribution in [0.3, 0.4) is 0 Å². The summed E-state index contributed by atoms with van der Waals surface area (Å²) >= 11 is 0. The number of phenols is 1. The van der Waals surface area contributed by atoms with E-state index in [0.717, 1.165) is 22.4 Å². The smallest absolute Gasteiger partial charge is 0.231 e. The maximum absolute atomic E-state index is 10.6. The molecular formula is C23H20O4. The van der Waals surface area contributed by atoms with Crippen LogP contribution in [0.5, 0.6) is 23.0 Å². The standard InChI is InChI=1S/C23H20O4/c1-25-18-10-8-17(9-11-18)19(12-7-16-5-3-2-4-6-16)20-13-22-23(14-21(20)24)27-15-26-22/h2-14,19,24H,15H2,1H3/b12-7+/t19-/m1/s1. The minimum atomic E-state index is -0.148. The second-order valence-corrected chi connectivity index (χ2v) is 6.28. The van der Waals surface area contributed by atoms with E-state index in [2.05, 4.69) is 12.2 Å². The molecule has 0 saturated carbocycles. The summed E-state index contributed by atoms with van der Waals surface area (Å²) in [5.41, 5.74) is 2.89. The number of phenolic OH excluding ortho intramolecular Hbond substituents is 1. The molecule has 136 valence electrons. The maximum Gasteiger partial charge on any atom is 0.231 e. The third kappa shape index (κ3) is 3.60. The number of rotatable bonds is 5. The summed E-state index contributed by atoms with van der Waals surface area (Å²) in [5.74, 6) is 2.04. The zero-order chi connectivity index (χ0) is 18.6. The summed E-state index contributed by atoms with van der Waals surface area (Å²) in [5, 5.41) is 10.6. The summed E-state index contributed by atoms with van der Waals surface area (Å²) in [7, 11) is 1.64. The maximum atomic E-state index is 10.6. The lowest BCUT2D eigenvalue weighted by Gasteiger charge is -2.17. The average molecular weight is 360 g/mol. The highest BCUT2D eigenvalue weighted by molar-refractivity contribution is 5.59. The Morgan fingerprint density at radius 3 is 2.37 bits per heavy atom. The van der Waals surface area contributed by atoms with Crippen molar-refractivity contribution in [3.05, 3.63) is 89.5 Å². The SMILES string of the molecule is COc1ccc([C@@H](/C=C/c2ccccc2)c2cc3c(cc2O)OCO3)cc1. The van der Waals surface area contributed by atoms with Gasteiger partial charge in [-0.25, -0.2) is 0 Å². The van der Waals surface area contributed by atoms with Crippen molar-refractivity contribution >= 4 is 6.08 Å². The van der Waals surface area contributed by atoms with Crippen LogP contribution in [0.2, 0.25) is 0 Å². The van der Waals surface area contributed by atoms with Gasteiger partial charge >= 0.3 is 0 Å². The van der Waals surface area contributed by atoms with E-state index >= 15 is 0 Å². The lowest BCUT2D eigenvalue weighted by molar-refractivity contribution is 0.174. The molecule has 1 N–H and O–H groups in total. The fourth-order valence-corrected chi connectivity index (χ4v) is 3.17. The highest BCUT2D eigenvalue weighted by Crippen LogP contribution is 2.42. The van der Waals surface area contributed by atoms with Gasteiger partial charge in [-0.05, 0) is 29.3 Å². The fourth-order valence-electron chi connectivity index (χ4n) is 3.17. The number of benzene rings is 3. The van der Waals surface area contributed by atoms with Crippen molar-refractivity contribution in [2.75, 3.05) is 13.9 Å². The molecule has 0 bridgehead atoms. The molecule has 0 amide bonds. The Balaban J connectivity index is 1.77. The molecule has 3 aromatic rings. The molecular weight excluding hydrogens is 340 g/mol. The Hall–Kier alpha value is -3.40. The Morgan fingerprint density at radius 2 is 1.67 bits per heavy atom. The number of fused-ring (bicyclic) bond motifs is 1. The van der Waals surface area contributed by atoms with Crippen LogP contribution in [-0.2, 0) is 0 Å². The molecule has 1 atom stereocenters. The summed E-state index contributed by atoms with van der Waals surface area (Å²) in [4.78, 5) is 0. The molecule has 0 saturated heterocycles. The Morgan fingerprint density at radius 1 is 0.963 bits per heavy atom. The summed E-state index contributed by atoms with van der Waals surface area (Å²) in [6, 6.07) is 21.4. The van der Waals surface area contributed by atoms with E-state index in [4.69, 9.17) is 14.2 Å². The van der Waals surface area contributed by atoms with Crippen molar-refractivity contribution in [2.24, 2.45) is 0 Å². The molecule has 1 aliphatic rings. The highest BCUT2D eigenvalue weighted by Gasteiger charge is 2.22. The van der Waals surface area contributed by atoms with Crippen LogP contribution in [0.25, 0.3) is 6.08 Å². The minimum absolute atomic E-state index is 0.148. The van der Waals surface area contributed by atoms with Crippen molar-refractivity contribution in [2.45, 2.75) is 5.92 Å². The van der Waals surface area contributed by atoms with Gasteiger partial charge in [-0.3, -0.25) is 0 Å². The summed E-state index contributed by atoms with van der Waals surface area (Å²) < 4.78 is 16.1. The van der Waals surface area contributed by atoms with E-state index in [0.29, 0.717) is 11.5 Å². The van der Waals surface area contributed by atoms with Crippen LogP contribution in [0.4, 0.5) is 0 Å². The third-order valence-corrected chi connectivity index (χ3v) is 4.61. The molecule has 0 spiro atoms. The zero-order valence-electron chi connectivity index (χ0n) is 15.0. The van der Waals surface area contributed by atoms with Crippen LogP contribution < -0.4 is 14.2 Å². The van der Waals surface area contributed by atoms with Gasteiger partial charge in [0.15, 0.2) is 11.5 Å². The molecule has 0 unspecified atom stereocenters. The molecule has 4 heteroatoms. The van der Waals surface area contributed by atoms with E-state index in [1.165, 1.54) is 0 Å². The highest BCUT2D eigenvalue weighted by atomic mass is 16.7. The van der Waals surface area contributed by atoms with E-state index in [-0.39, 0.29) is 18.5 Å². The van der Waals surface area contributed by atoms with Crippen LogP contribution in [0.15, 0.2) is 72.8 Å². The van der Waals surface area contributed by atoms with Crippen LogP contribution in [0, 0.1) is 0 Å². The molecule has 0 radical (unpaired) electrons. The topological polar surface area (TPSA) is 47.9 Å². The van der Waals surface area contributed by atoms with Gasteiger partial charge in [0.2, 0.25) is 6.79 Å². The van der Waals surface area contributed by atoms with Gasteiger partial charge in [0, 0.05) is 17.5 Å². The van der Waals surface area contributed by atoms with Crippen LogP contribution in [-0.4, -0.2) is 19.0 Å². The van der Waals surface area contributed by atoms with Gasteiger partial charge in [-0.2, -0.15) is 0 Å². The summed E-state index contributed by atoms with van der Waals surface area (Å²) in [6.45, 7) is 0.172. The Bertz CT molecular complexity index is 946. The zero-order valence-corrected chi connectivity index (χ0v) is 15.0. The Labute approximate surface area is 158 Å². The first-order chi connectivity index (χ1) is 13.2. The number of hydrogen-bond donors (Lipinski definition) is 1. The van der Waals surface area contributed by atoms with Gasteiger partial charge in [-0.1, -0.05) is 54.6 Å². The predicted molar refractivity (Wildman–Crippen MR) is 105 cm³/mol. The van der Waals surface area contributed by atoms with E-state index < -0.39 is 0 Å². The number of allylic oxidation sites excluding steroid dienone is 1. The molecule has 1 heterocycles. The first-order valence-electron chi connectivity index (χ1n) is 8.74. The molecule has 1 aliphatic heterocycles. The van der Waals surface area contributed by atoms with Crippen molar-refractivity contribution in [3.8, 4) is 23.0 Å². The molecule has 3 aromatic carbocycles. The first kappa shape index (κ1) is 17.0. The van der Waals surface area contributed by atoms with Gasteiger partial charge in [0.25, 0.3) is 0 Å². The van der Waals surface area contributed by atoms with E-state index in [1.54, 1.807) is 13.2 Å². The molecule has 4 nitrogen and oxygen atoms in total. The van der Waals surface area contributed by atoms with Crippen molar-refractivity contribution in [1.82, 2.24) is 0 Å². The monoisotopic (exact) mass is 360 g/mol. The van der Waals surface area contributed by atoms with Gasteiger partial charge in [0.1, 0.15) is 11.5 Å². The Kier molecular flexibility index (Phi) is 4.71. The van der Waals surface area contributed by atoms with Crippen molar-refractivity contribution in [3.63, 3.8) is 0 Å². The predicted octanol–water partition coefficient (Wildman–Crippen LogP) is 4.97. The van der Waals surface area contributed by atoms with Gasteiger partial charge in [-0.15, -0.1) is 0 Å². The van der Waals surface area contributed by atoms with Crippen molar-refractivity contribution in [1.29, 1.82) is 0 Å². The number of methoxy groups -OCH3 is 1. The molecule has 27 heavy (non-hydrogen) atoms. The fraction of sp³-hybridized carbons (Fsp3) is 0.130. The molecule has 4 rings (SSSR count). The number of hydrogen-bond acceptors (Lipinski definition) is 4. The average Bonchev–Trinajstić information content (AvgIpc) is 3.16. The molecule has 0 aliphatic carbocycles. The van der Waals surface area contributed by atoms with Crippen LogP contribution in [0.1, 0.15) is 22.6 Å². The third-order valence-electron chi connectivity index (χ3n) is 4.61. The van der Waals surface area contributed by atoms with Crippen molar-refractivity contribution < 1.29 is 19.3 Å². The second-order valence-electron chi connectivity index (χ2n) is 6.28. The van der Waals surface area contributed by atoms with E-state index in [9.17, 15) is 5.11 Å². The quantitative estimate of drug-likeness (QED) is 0.697. The van der Waals surface area contributed by atoms with E-state index in [1.807, 2.05) is 60.7 Å². The first-order valence-corrected chi connectivity index (χ1v) is 8.74. The molecule has 0 fully saturated rings. The molecule has 0 aromatic heterocycles. The summed E-state index contributed by atoms with van der Waals surface area (Å²) in [6.07, 6.45) is 4.13. The van der Waals surface area contributed by atoms with Gasteiger partial charge < -0.3 is 19.3 Å². The largest absolute Gasteiger partial charge is 0.507 e. The normalized spacial score (nSPS) is 13.7. The second kappa shape index (κ2) is 7.46. The number of ether oxygens (including phenoxy) is 3. The lowest BCUT2D eigenvalue weighted by Crippen LogP contribution is -1.99. The number of aromatic hydroxyl groups is 1. The minimum Gasteiger partial charge on any atom is -0.507 e.